The summed E-state index contributed by atoms with van der Waals surface area (Å²) in [7, 11) is 0. The molecule has 1 aliphatic rings. The number of ketones is 1. The lowest BCUT2D eigenvalue weighted by Gasteiger charge is -2.24. The Hall–Kier alpha value is -2.97. The molecule has 2 amide bonds. The molecule has 0 aromatic heterocycles. The van der Waals surface area contributed by atoms with Crippen LogP contribution in [0.1, 0.15) is 90.4 Å². The molecule has 6 atom stereocenters. The van der Waals surface area contributed by atoms with Crippen LogP contribution in [-0.4, -0.2) is 91.7 Å². The van der Waals surface area contributed by atoms with Crippen molar-refractivity contribution in [3.05, 3.63) is 12.2 Å². The van der Waals surface area contributed by atoms with Crippen LogP contribution in [0.3, 0.4) is 0 Å². The first-order chi connectivity index (χ1) is 20.8. The van der Waals surface area contributed by atoms with E-state index in [0.717, 1.165) is 38.5 Å². The van der Waals surface area contributed by atoms with Crippen molar-refractivity contribution < 1.29 is 49.2 Å². The number of nitrogens with one attached hydrogen (secondary N) is 2. The average Bonchev–Trinajstić information content (AvgIpc) is 3.26. The molecule has 8 N–H and O–H groups in total. The number of hydrogen-bond donors (Lipinski definition) is 7. The number of aliphatic hydroxyl groups is 1. The van der Waals surface area contributed by atoms with Crippen LogP contribution < -0.4 is 16.4 Å². The number of thioether (sulfide) groups is 1. The van der Waals surface area contributed by atoms with E-state index in [1.165, 1.54) is 11.8 Å². The molecular weight excluding hydrogens is 594 g/mol. The molecule has 0 aromatic carbocycles. The van der Waals surface area contributed by atoms with Crippen LogP contribution in [0.5, 0.6) is 0 Å². The number of carboxylic acids is 3. The molecule has 0 heterocycles. The van der Waals surface area contributed by atoms with E-state index in [1.807, 2.05) is 6.08 Å². The fourth-order valence-electron chi connectivity index (χ4n) is 5.06. The van der Waals surface area contributed by atoms with Gasteiger partial charge in [-0.05, 0) is 31.6 Å². The largest absolute Gasteiger partial charge is 0.481 e. The zero-order valence-corrected chi connectivity index (χ0v) is 26.3. The van der Waals surface area contributed by atoms with Crippen LogP contribution >= 0.6 is 11.8 Å². The monoisotopic (exact) mass is 643 g/mol. The smallest absolute Gasteiger partial charge is 0.322 e. The van der Waals surface area contributed by atoms with E-state index in [0.29, 0.717) is 19.3 Å². The lowest BCUT2D eigenvalue weighted by Crippen LogP contribution is -2.49. The Balaban J connectivity index is 2.99. The molecule has 0 aliphatic heterocycles. The number of carbonyl (C=O) groups excluding carboxylic acids is 3. The molecule has 1 rings (SSSR count). The van der Waals surface area contributed by atoms with Gasteiger partial charge in [-0.2, -0.15) is 11.8 Å². The summed E-state index contributed by atoms with van der Waals surface area (Å²) in [4.78, 5) is 71.1. The third kappa shape index (κ3) is 16.2. The van der Waals surface area contributed by atoms with Gasteiger partial charge in [-0.3, -0.25) is 28.8 Å². The van der Waals surface area contributed by atoms with Gasteiger partial charge in [-0.25, -0.2) is 0 Å². The van der Waals surface area contributed by atoms with Gasteiger partial charge >= 0.3 is 17.9 Å². The first-order valence-electron chi connectivity index (χ1n) is 15.3. The molecule has 0 aromatic rings. The number of unbranched alkanes of at least 4 members (excludes halogenated alkanes) is 5. The Morgan fingerprint density at radius 2 is 1.68 bits per heavy atom. The van der Waals surface area contributed by atoms with Crippen molar-refractivity contribution in [1.82, 2.24) is 10.6 Å². The Morgan fingerprint density at radius 1 is 0.977 bits per heavy atom. The molecule has 0 radical (unpaired) electrons. The van der Waals surface area contributed by atoms with Crippen LogP contribution in [0.25, 0.3) is 0 Å². The maximum atomic E-state index is 13.1. The maximum Gasteiger partial charge on any atom is 0.322 e. The summed E-state index contributed by atoms with van der Waals surface area (Å²) in [5.41, 5.74) is 5.47. The summed E-state index contributed by atoms with van der Waals surface area (Å²) >= 11 is 1.30. The summed E-state index contributed by atoms with van der Waals surface area (Å²) in [6, 6.07) is -2.39. The number of allylic oxidation sites excluding steroid dienone is 1. The van der Waals surface area contributed by atoms with Gasteiger partial charge in [0.25, 0.3) is 0 Å². The molecule has 44 heavy (non-hydrogen) atoms. The molecule has 13 nitrogen and oxygen atoms in total. The highest BCUT2D eigenvalue weighted by Gasteiger charge is 2.41. The molecule has 0 bridgehead atoms. The van der Waals surface area contributed by atoms with Gasteiger partial charge in [-0.1, -0.05) is 57.6 Å². The minimum Gasteiger partial charge on any atom is -0.481 e. The third-order valence-electron chi connectivity index (χ3n) is 7.57. The van der Waals surface area contributed by atoms with Gasteiger partial charge in [0.05, 0.1) is 6.10 Å². The van der Waals surface area contributed by atoms with Crippen LogP contribution in [-0.2, 0) is 28.8 Å². The molecule has 1 fully saturated rings. The van der Waals surface area contributed by atoms with E-state index in [-0.39, 0.29) is 54.3 Å². The van der Waals surface area contributed by atoms with Gasteiger partial charge in [-0.15, -0.1) is 0 Å². The zero-order chi connectivity index (χ0) is 33.1. The zero-order valence-electron chi connectivity index (χ0n) is 25.4. The number of nitrogens with two attached hydrogens (primary N) is 1. The fraction of sp³-hybridized carbons (Fsp3) is 0.733. The molecule has 1 aliphatic carbocycles. The Bertz CT molecular complexity index is 992. The number of rotatable bonds is 24. The molecule has 14 heteroatoms. The van der Waals surface area contributed by atoms with Crippen molar-refractivity contribution in [1.29, 1.82) is 0 Å². The first-order valence-corrected chi connectivity index (χ1v) is 16.4. The Morgan fingerprint density at radius 3 is 2.32 bits per heavy atom. The van der Waals surface area contributed by atoms with Crippen molar-refractivity contribution in [2.45, 2.75) is 114 Å². The lowest BCUT2D eigenvalue weighted by atomic mass is 9.89. The second-order valence-corrected chi connectivity index (χ2v) is 12.5. The van der Waals surface area contributed by atoms with E-state index in [9.17, 15) is 33.9 Å². The first kappa shape index (κ1) is 39.1. The molecular formula is C30H49N3O10S. The predicted octanol–water partition coefficient (Wildman–Crippen LogP) is 2.09. The molecule has 0 spiro atoms. The van der Waals surface area contributed by atoms with Gasteiger partial charge < -0.3 is 36.8 Å². The predicted molar refractivity (Wildman–Crippen MR) is 165 cm³/mol. The van der Waals surface area contributed by atoms with Crippen molar-refractivity contribution in [2.24, 2.45) is 17.6 Å². The van der Waals surface area contributed by atoms with Crippen molar-refractivity contribution in [2.75, 3.05) is 12.3 Å². The fourth-order valence-corrected chi connectivity index (χ4v) is 6.52. The number of hydrogen-bond acceptors (Lipinski definition) is 9. The van der Waals surface area contributed by atoms with Crippen LogP contribution in [0, 0.1) is 11.8 Å². The number of carbonyl (C=O) groups is 6. The van der Waals surface area contributed by atoms with Gasteiger partial charge in [0.15, 0.2) is 0 Å². The van der Waals surface area contributed by atoms with E-state index < -0.39 is 54.5 Å². The molecule has 1 unspecified atom stereocenters. The van der Waals surface area contributed by atoms with Gasteiger partial charge in [0, 0.05) is 36.2 Å². The molecule has 1 saturated carbocycles. The highest BCUT2D eigenvalue weighted by atomic mass is 32.2. The minimum atomic E-state index is -1.27. The second-order valence-electron chi connectivity index (χ2n) is 11.2. The topological polar surface area (TPSA) is 233 Å². The van der Waals surface area contributed by atoms with E-state index >= 15 is 0 Å². The van der Waals surface area contributed by atoms with Gasteiger partial charge in [0.1, 0.15) is 24.4 Å². The number of aliphatic carboxylic acids is 3. The number of carboxylic acid groups (broad SMARTS) is 3. The second kappa shape index (κ2) is 21.7. The van der Waals surface area contributed by atoms with Crippen LogP contribution in [0.4, 0.5) is 0 Å². The van der Waals surface area contributed by atoms with Crippen LogP contribution in [0.15, 0.2) is 12.2 Å². The highest BCUT2D eigenvalue weighted by Crippen LogP contribution is 2.41. The summed E-state index contributed by atoms with van der Waals surface area (Å²) in [5.74, 6) is -5.17. The van der Waals surface area contributed by atoms with Crippen molar-refractivity contribution in [3.8, 4) is 0 Å². The van der Waals surface area contributed by atoms with Crippen molar-refractivity contribution >= 4 is 47.3 Å². The van der Waals surface area contributed by atoms with E-state index in [1.54, 1.807) is 6.08 Å². The average molecular weight is 644 g/mol. The summed E-state index contributed by atoms with van der Waals surface area (Å²) in [5, 5.41) is 41.8. The maximum absolute atomic E-state index is 13.1. The summed E-state index contributed by atoms with van der Waals surface area (Å²) in [6.45, 7) is 1.42. The van der Waals surface area contributed by atoms with Crippen molar-refractivity contribution in [3.63, 3.8) is 0 Å². The van der Waals surface area contributed by atoms with E-state index in [2.05, 4.69) is 17.6 Å². The highest BCUT2D eigenvalue weighted by molar-refractivity contribution is 8.00. The van der Waals surface area contributed by atoms with Crippen LogP contribution in [0.2, 0.25) is 0 Å². The molecule has 250 valence electrons. The van der Waals surface area contributed by atoms with Gasteiger partial charge in [0.2, 0.25) is 11.8 Å². The number of aliphatic hydroxyl groups excluding tert-OH is 1. The summed E-state index contributed by atoms with van der Waals surface area (Å²) in [6.07, 6.45) is 9.78. The summed E-state index contributed by atoms with van der Waals surface area (Å²) < 4.78 is 0. The quantitative estimate of drug-likeness (QED) is 0.0592. The lowest BCUT2D eigenvalue weighted by molar-refractivity contribution is -0.139. The van der Waals surface area contributed by atoms with E-state index in [4.69, 9.17) is 21.1 Å². The number of Topliss-reactive ketones (excluding diaryl/α,β-unsaturated/α-hetero) is 1. The minimum absolute atomic E-state index is 0.0332. The SMILES string of the molecule is CCCCC[C@H](O)/C=C/[C@H]1C(SC[C@H](NC(=O)CC[C@H](N)C(=O)O)C(=O)NCC(=O)O)CC(=O)[C@@H]1CCCCCCC(=O)O. The Labute approximate surface area is 262 Å². The Kier molecular flexibility index (Phi) is 19.2. The molecule has 0 saturated heterocycles. The standard InChI is InChI=1S/C30H49N3O10S/c1-2-3-6-9-19(34)12-13-21-20(10-7-4-5-8-11-27(37)38)24(35)16-25(21)44-18-23(29(41)32-17-28(39)40)33-26(36)15-14-22(31)30(42)43/h12-13,19-23,25,34H,2-11,14-18,31H2,1H3,(H,32,41)(H,33,36)(H,37,38)(H,39,40)(H,42,43)/b13-12+/t19-,20+,21+,22-,23-,25?/m0/s1. The normalized spacial score (nSPS) is 20.2. The third-order valence-corrected chi connectivity index (χ3v) is 9.00. The number of amides is 2.